The van der Waals surface area contributed by atoms with E-state index < -0.39 is 0 Å². The quantitative estimate of drug-likeness (QED) is 0.645. The van der Waals surface area contributed by atoms with Crippen LogP contribution in [-0.2, 0) is 11.3 Å². The molecule has 0 radical (unpaired) electrons. The molecule has 0 bridgehead atoms. The Balaban J connectivity index is 1.61. The van der Waals surface area contributed by atoms with Crippen molar-refractivity contribution in [3.63, 3.8) is 0 Å². The lowest BCUT2D eigenvalue weighted by Gasteiger charge is -2.20. The van der Waals surface area contributed by atoms with Gasteiger partial charge in [0.15, 0.2) is 0 Å². The molecule has 0 amide bonds. The Bertz CT molecular complexity index is 310. The Labute approximate surface area is 109 Å². The van der Waals surface area contributed by atoms with Crippen molar-refractivity contribution in [2.45, 2.75) is 31.8 Å². The smallest absolute Gasteiger partial charge is 0.117 e. The van der Waals surface area contributed by atoms with Gasteiger partial charge in [0.05, 0.1) is 12.8 Å². The van der Waals surface area contributed by atoms with Crippen molar-refractivity contribution < 1.29 is 9.15 Å². The summed E-state index contributed by atoms with van der Waals surface area (Å²) in [6, 6.07) is 4.79. The van der Waals surface area contributed by atoms with Gasteiger partial charge in [-0.25, -0.2) is 0 Å². The minimum atomic E-state index is 0.774. The van der Waals surface area contributed by atoms with Crippen LogP contribution in [0.3, 0.4) is 0 Å². The molecule has 0 aliphatic heterocycles. The molecule has 0 unspecified atom stereocenters. The first kappa shape index (κ1) is 13.6. The van der Waals surface area contributed by atoms with Crippen LogP contribution in [0.5, 0.6) is 0 Å². The summed E-state index contributed by atoms with van der Waals surface area (Å²) >= 11 is 0. The van der Waals surface area contributed by atoms with E-state index in [1.54, 1.807) is 13.4 Å². The van der Waals surface area contributed by atoms with Gasteiger partial charge in [-0.15, -0.1) is 0 Å². The predicted molar refractivity (Wildman–Crippen MR) is 71.5 cm³/mol. The first-order chi connectivity index (χ1) is 8.90. The molecule has 102 valence electrons. The monoisotopic (exact) mass is 252 g/mol. The van der Waals surface area contributed by atoms with Gasteiger partial charge < -0.3 is 14.5 Å². The van der Waals surface area contributed by atoms with Crippen molar-refractivity contribution in [1.29, 1.82) is 0 Å². The highest BCUT2D eigenvalue weighted by molar-refractivity contribution is 4.99. The molecule has 1 N–H and O–H groups in total. The summed E-state index contributed by atoms with van der Waals surface area (Å²) in [5.41, 5.74) is 0. The highest BCUT2D eigenvalue weighted by atomic mass is 16.5. The number of nitrogens with zero attached hydrogens (tertiary/aromatic N) is 1. The third-order valence-electron chi connectivity index (χ3n) is 3.28. The summed E-state index contributed by atoms with van der Waals surface area (Å²) in [6.07, 6.45) is 5.51. The number of nitrogens with one attached hydrogen (secondary N) is 1. The Hall–Kier alpha value is -0.840. The van der Waals surface area contributed by atoms with Gasteiger partial charge in [-0.1, -0.05) is 0 Å². The second kappa shape index (κ2) is 7.56. The molecule has 0 spiro atoms. The zero-order chi connectivity index (χ0) is 12.6. The van der Waals surface area contributed by atoms with Crippen molar-refractivity contribution >= 4 is 0 Å². The molecule has 18 heavy (non-hydrogen) atoms. The van der Waals surface area contributed by atoms with Gasteiger partial charge in [-0.05, 0) is 37.9 Å². The third kappa shape index (κ3) is 4.80. The van der Waals surface area contributed by atoms with E-state index in [1.165, 1.54) is 12.8 Å². The Kier molecular flexibility index (Phi) is 5.71. The fourth-order valence-corrected chi connectivity index (χ4v) is 2.12. The molecule has 4 nitrogen and oxygen atoms in total. The molecule has 2 rings (SSSR count). The van der Waals surface area contributed by atoms with Crippen LogP contribution >= 0.6 is 0 Å². The number of furan rings is 1. The highest BCUT2D eigenvalue weighted by Gasteiger charge is 2.28. The minimum Gasteiger partial charge on any atom is -0.468 e. The molecule has 0 aromatic carbocycles. The number of hydrogen-bond donors (Lipinski definition) is 1. The van der Waals surface area contributed by atoms with Gasteiger partial charge in [0.1, 0.15) is 5.76 Å². The lowest BCUT2D eigenvalue weighted by molar-refractivity contribution is 0.192. The third-order valence-corrected chi connectivity index (χ3v) is 3.28. The number of ether oxygens (including phenoxy) is 1. The molecule has 0 saturated heterocycles. The normalized spacial score (nSPS) is 15.4. The molecule has 1 fully saturated rings. The first-order valence-electron chi connectivity index (χ1n) is 6.86. The molecule has 1 aromatic rings. The second-order valence-electron chi connectivity index (χ2n) is 4.88. The van der Waals surface area contributed by atoms with Crippen LogP contribution in [0, 0.1) is 0 Å². The molecular weight excluding hydrogens is 228 g/mol. The first-order valence-corrected chi connectivity index (χ1v) is 6.86. The van der Waals surface area contributed by atoms with Crippen molar-refractivity contribution in [2.75, 3.05) is 33.4 Å². The molecule has 1 aliphatic carbocycles. The molecule has 4 heteroatoms. The van der Waals surface area contributed by atoms with Crippen molar-refractivity contribution in [2.24, 2.45) is 0 Å². The Morgan fingerprint density at radius 2 is 2.33 bits per heavy atom. The average Bonchev–Trinajstić information content (AvgIpc) is 3.10. The fraction of sp³-hybridized carbons (Fsp3) is 0.714. The van der Waals surface area contributed by atoms with Gasteiger partial charge in [0.25, 0.3) is 0 Å². The molecular formula is C14H24N2O2. The zero-order valence-corrected chi connectivity index (χ0v) is 11.2. The summed E-state index contributed by atoms with van der Waals surface area (Å²) in [4.78, 5) is 2.52. The lowest BCUT2D eigenvalue weighted by Crippen LogP contribution is -2.33. The maximum atomic E-state index is 5.42. The molecule has 1 aliphatic rings. The summed E-state index contributed by atoms with van der Waals surface area (Å²) in [5.74, 6) is 1.07. The zero-order valence-electron chi connectivity index (χ0n) is 11.2. The van der Waals surface area contributed by atoms with Gasteiger partial charge in [-0.2, -0.15) is 0 Å². The maximum Gasteiger partial charge on any atom is 0.117 e. The highest BCUT2D eigenvalue weighted by Crippen LogP contribution is 2.27. The molecule has 1 aromatic heterocycles. The van der Waals surface area contributed by atoms with Crippen LogP contribution in [0.4, 0.5) is 0 Å². The van der Waals surface area contributed by atoms with Crippen LogP contribution in [0.2, 0.25) is 0 Å². The van der Waals surface area contributed by atoms with E-state index in [0.29, 0.717) is 0 Å². The second-order valence-corrected chi connectivity index (χ2v) is 4.88. The Morgan fingerprint density at radius 3 is 3.00 bits per heavy atom. The van der Waals surface area contributed by atoms with Crippen molar-refractivity contribution in [3.8, 4) is 0 Å². The predicted octanol–water partition coefficient (Wildman–Crippen LogP) is 1.87. The number of rotatable bonds is 10. The van der Waals surface area contributed by atoms with Gasteiger partial charge in [-0.3, -0.25) is 4.90 Å². The van der Waals surface area contributed by atoms with E-state index in [9.17, 15) is 0 Å². The standard InChI is InChI=1S/C14H24N2O2/c1-17-10-3-7-15-8-9-16(13-5-6-13)12-14-4-2-11-18-14/h2,4,11,13,15H,3,5-10,12H2,1H3. The van der Waals surface area contributed by atoms with E-state index in [4.69, 9.17) is 9.15 Å². The summed E-state index contributed by atoms with van der Waals surface area (Å²) in [7, 11) is 1.75. The minimum absolute atomic E-state index is 0.774. The summed E-state index contributed by atoms with van der Waals surface area (Å²) < 4.78 is 10.4. The van der Waals surface area contributed by atoms with Gasteiger partial charge >= 0.3 is 0 Å². The average molecular weight is 252 g/mol. The number of methoxy groups -OCH3 is 1. The van der Waals surface area contributed by atoms with Crippen LogP contribution in [-0.4, -0.2) is 44.3 Å². The topological polar surface area (TPSA) is 37.6 Å². The van der Waals surface area contributed by atoms with Gasteiger partial charge in [0, 0.05) is 32.8 Å². The van der Waals surface area contributed by atoms with E-state index in [2.05, 4.69) is 16.3 Å². The van der Waals surface area contributed by atoms with Crippen LogP contribution in [0.1, 0.15) is 25.0 Å². The van der Waals surface area contributed by atoms with E-state index in [-0.39, 0.29) is 0 Å². The molecule has 1 heterocycles. The largest absolute Gasteiger partial charge is 0.468 e. The fourth-order valence-electron chi connectivity index (χ4n) is 2.12. The maximum absolute atomic E-state index is 5.42. The van der Waals surface area contributed by atoms with Crippen LogP contribution in [0.25, 0.3) is 0 Å². The van der Waals surface area contributed by atoms with E-state index in [0.717, 1.165) is 51.0 Å². The van der Waals surface area contributed by atoms with Crippen molar-refractivity contribution in [3.05, 3.63) is 24.2 Å². The Morgan fingerprint density at radius 1 is 1.44 bits per heavy atom. The number of hydrogen-bond acceptors (Lipinski definition) is 4. The van der Waals surface area contributed by atoms with Crippen LogP contribution < -0.4 is 5.32 Å². The van der Waals surface area contributed by atoms with E-state index in [1.807, 2.05) is 6.07 Å². The van der Waals surface area contributed by atoms with Crippen molar-refractivity contribution in [1.82, 2.24) is 10.2 Å². The molecule has 1 saturated carbocycles. The lowest BCUT2D eigenvalue weighted by atomic mass is 10.3. The summed E-state index contributed by atoms with van der Waals surface area (Å²) in [6.45, 7) is 4.95. The van der Waals surface area contributed by atoms with Crippen LogP contribution in [0.15, 0.2) is 22.8 Å². The summed E-state index contributed by atoms with van der Waals surface area (Å²) in [5, 5.41) is 3.46. The van der Waals surface area contributed by atoms with Gasteiger partial charge in [0.2, 0.25) is 0 Å². The SMILES string of the molecule is COCCCNCCN(Cc1ccco1)C1CC1. The van der Waals surface area contributed by atoms with E-state index >= 15 is 0 Å². The molecule has 0 atom stereocenters.